The second-order valence-corrected chi connectivity index (χ2v) is 5.39. The van der Waals surface area contributed by atoms with Gasteiger partial charge in [-0.15, -0.1) is 0 Å². The number of hydrogen-bond acceptors (Lipinski definition) is 3. The van der Waals surface area contributed by atoms with E-state index in [2.05, 4.69) is 0 Å². The zero-order valence-electron chi connectivity index (χ0n) is 10.8. The van der Waals surface area contributed by atoms with Crippen molar-refractivity contribution in [3.8, 4) is 0 Å². The normalized spacial score (nSPS) is 18.4. The molecule has 0 fully saturated rings. The van der Waals surface area contributed by atoms with Crippen LogP contribution in [0.15, 0.2) is 24.3 Å². The number of ether oxygens (including phenoxy) is 1. The smallest absolute Gasteiger partial charge is 0.415 e. The van der Waals surface area contributed by atoms with Crippen LogP contribution in [0.2, 0.25) is 0 Å². The van der Waals surface area contributed by atoms with Crippen molar-refractivity contribution in [3.05, 3.63) is 29.8 Å². The minimum atomic E-state index is -0.567. The Labute approximate surface area is 107 Å². The Hall–Kier alpha value is -1.84. The second-order valence-electron chi connectivity index (χ2n) is 5.39. The van der Waals surface area contributed by atoms with Crippen LogP contribution in [0.5, 0.6) is 0 Å². The first-order valence-electron chi connectivity index (χ1n) is 5.98. The largest absolute Gasteiger partial charge is 0.443 e. The minimum Gasteiger partial charge on any atom is -0.443 e. The monoisotopic (exact) mass is 247 g/mol. The molecule has 96 valence electrons. The zero-order valence-corrected chi connectivity index (χ0v) is 10.8. The molecule has 18 heavy (non-hydrogen) atoms. The van der Waals surface area contributed by atoms with E-state index in [0.29, 0.717) is 6.42 Å². The van der Waals surface area contributed by atoms with Gasteiger partial charge < -0.3 is 9.53 Å². The van der Waals surface area contributed by atoms with E-state index in [1.807, 2.05) is 45.0 Å². The number of aldehydes is 1. The van der Waals surface area contributed by atoms with Gasteiger partial charge in [-0.1, -0.05) is 18.2 Å². The fourth-order valence-corrected chi connectivity index (χ4v) is 2.07. The summed E-state index contributed by atoms with van der Waals surface area (Å²) in [5.41, 5.74) is 1.20. The lowest BCUT2D eigenvalue weighted by Gasteiger charge is -2.27. The van der Waals surface area contributed by atoms with Gasteiger partial charge in [-0.2, -0.15) is 0 Å². The molecule has 4 heteroatoms. The van der Waals surface area contributed by atoms with Gasteiger partial charge in [-0.05, 0) is 32.4 Å². The quantitative estimate of drug-likeness (QED) is 0.716. The molecule has 0 saturated heterocycles. The molecule has 0 spiro atoms. The third-order valence-corrected chi connectivity index (χ3v) is 2.76. The Kier molecular flexibility index (Phi) is 3.11. The molecule has 1 heterocycles. The fraction of sp³-hybridized carbons (Fsp3) is 0.429. The molecule has 1 unspecified atom stereocenters. The molecule has 0 N–H and O–H groups in total. The van der Waals surface area contributed by atoms with Gasteiger partial charge in [0.05, 0.1) is 11.7 Å². The lowest BCUT2D eigenvalue weighted by atomic mass is 10.1. The number of amides is 1. The third-order valence-electron chi connectivity index (χ3n) is 2.76. The number of nitrogens with zero attached hydrogens (tertiary/aromatic N) is 1. The molecule has 0 radical (unpaired) electrons. The second kappa shape index (κ2) is 4.44. The zero-order chi connectivity index (χ0) is 13.3. The van der Waals surface area contributed by atoms with Crippen LogP contribution >= 0.6 is 0 Å². The molecule has 0 aliphatic carbocycles. The molecule has 1 aromatic carbocycles. The molecular formula is C14H17NO3. The van der Waals surface area contributed by atoms with E-state index in [1.54, 1.807) is 0 Å². The van der Waals surface area contributed by atoms with E-state index in [1.165, 1.54) is 4.90 Å². The molecule has 1 aliphatic rings. The molecular weight excluding hydrogens is 230 g/mol. The van der Waals surface area contributed by atoms with Crippen molar-refractivity contribution in [2.75, 3.05) is 4.90 Å². The van der Waals surface area contributed by atoms with Gasteiger partial charge in [0.1, 0.15) is 11.9 Å². The Morgan fingerprint density at radius 3 is 2.67 bits per heavy atom. The Bertz CT molecular complexity index is 476. The highest BCUT2D eigenvalue weighted by molar-refractivity contribution is 5.95. The van der Waals surface area contributed by atoms with E-state index in [-0.39, 0.29) is 0 Å². The van der Waals surface area contributed by atoms with E-state index < -0.39 is 17.7 Å². The third kappa shape index (κ3) is 2.37. The standard InChI is InChI=1S/C14H17NO3/c1-14(2,3)18-13(17)15-11(9-16)8-10-6-4-5-7-12(10)15/h4-7,9,11H,8H2,1-3H3. The van der Waals surface area contributed by atoms with Gasteiger partial charge in [-0.25, -0.2) is 4.79 Å². The average Bonchev–Trinajstić information content (AvgIpc) is 2.64. The summed E-state index contributed by atoms with van der Waals surface area (Å²) in [6.07, 6.45) is 0.882. The predicted molar refractivity (Wildman–Crippen MR) is 68.7 cm³/mol. The fourth-order valence-electron chi connectivity index (χ4n) is 2.07. The van der Waals surface area contributed by atoms with E-state index in [9.17, 15) is 9.59 Å². The number of carbonyl (C=O) groups is 2. The number of benzene rings is 1. The summed E-state index contributed by atoms with van der Waals surface area (Å²) in [5.74, 6) is 0. The summed E-state index contributed by atoms with van der Waals surface area (Å²) in [4.78, 5) is 24.7. The molecule has 1 aromatic rings. The number of anilines is 1. The Morgan fingerprint density at radius 1 is 1.39 bits per heavy atom. The van der Waals surface area contributed by atoms with Gasteiger partial charge in [-0.3, -0.25) is 4.90 Å². The summed E-state index contributed by atoms with van der Waals surface area (Å²) >= 11 is 0. The maximum Gasteiger partial charge on any atom is 0.415 e. The molecule has 1 atom stereocenters. The van der Waals surface area contributed by atoms with Crippen LogP contribution < -0.4 is 4.90 Å². The van der Waals surface area contributed by atoms with Crippen LogP contribution in [0.1, 0.15) is 26.3 Å². The number of carbonyl (C=O) groups excluding carboxylic acids is 2. The van der Waals surface area contributed by atoms with Crippen LogP contribution in [0, 0.1) is 0 Å². The molecule has 4 nitrogen and oxygen atoms in total. The summed E-state index contributed by atoms with van der Waals surface area (Å²) in [7, 11) is 0. The van der Waals surface area contributed by atoms with Crippen molar-refractivity contribution in [1.82, 2.24) is 0 Å². The van der Waals surface area contributed by atoms with E-state index >= 15 is 0 Å². The SMILES string of the molecule is CC(C)(C)OC(=O)N1c2ccccc2CC1C=O. The van der Waals surface area contributed by atoms with Crippen molar-refractivity contribution in [2.24, 2.45) is 0 Å². The molecule has 1 aliphatic heterocycles. The number of para-hydroxylation sites is 1. The topological polar surface area (TPSA) is 46.6 Å². The molecule has 0 aromatic heterocycles. The molecule has 0 bridgehead atoms. The number of fused-ring (bicyclic) bond motifs is 1. The van der Waals surface area contributed by atoms with Crippen LogP contribution in [0.25, 0.3) is 0 Å². The van der Waals surface area contributed by atoms with Gasteiger partial charge >= 0.3 is 6.09 Å². The summed E-state index contributed by atoms with van der Waals surface area (Å²) < 4.78 is 5.34. The minimum absolute atomic E-state index is 0.461. The molecule has 2 rings (SSSR count). The maximum atomic E-state index is 12.1. The maximum absolute atomic E-state index is 12.1. The van der Waals surface area contributed by atoms with Crippen molar-refractivity contribution < 1.29 is 14.3 Å². The lowest BCUT2D eigenvalue weighted by molar-refractivity contribution is -0.108. The first-order chi connectivity index (χ1) is 8.42. The van der Waals surface area contributed by atoms with Crippen molar-refractivity contribution in [2.45, 2.75) is 38.8 Å². The van der Waals surface area contributed by atoms with Gasteiger partial charge in [0.15, 0.2) is 0 Å². The number of rotatable bonds is 1. The highest BCUT2D eigenvalue weighted by Gasteiger charge is 2.35. The van der Waals surface area contributed by atoms with Crippen molar-refractivity contribution in [3.63, 3.8) is 0 Å². The molecule has 0 saturated carbocycles. The van der Waals surface area contributed by atoms with Gasteiger partial charge in [0, 0.05) is 6.42 Å². The van der Waals surface area contributed by atoms with E-state index in [0.717, 1.165) is 17.5 Å². The van der Waals surface area contributed by atoms with Gasteiger partial charge in [0.2, 0.25) is 0 Å². The van der Waals surface area contributed by atoms with Crippen LogP contribution in [-0.4, -0.2) is 24.0 Å². The first-order valence-corrected chi connectivity index (χ1v) is 5.98. The predicted octanol–water partition coefficient (Wildman–Crippen LogP) is 2.55. The molecule has 1 amide bonds. The lowest BCUT2D eigenvalue weighted by Crippen LogP contribution is -2.42. The van der Waals surface area contributed by atoms with Crippen LogP contribution in [0.4, 0.5) is 10.5 Å². The number of hydrogen-bond donors (Lipinski definition) is 0. The first kappa shape index (κ1) is 12.6. The highest BCUT2D eigenvalue weighted by Crippen LogP contribution is 2.32. The highest BCUT2D eigenvalue weighted by atomic mass is 16.6. The Balaban J connectivity index is 2.30. The Morgan fingerprint density at radius 2 is 2.06 bits per heavy atom. The van der Waals surface area contributed by atoms with Crippen molar-refractivity contribution in [1.29, 1.82) is 0 Å². The van der Waals surface area contributed by atoms with E-state index in [4.69, 9.17) is 4.74 Å². The van der Waals surface area contributed by atoms with Crippen LogP contribution in [0.3, 0.4) is 0 Å². The van der Waals surface area contributed by atoms with Crippen molar-refractivity contribution >= 4 is 18.1 Å². The van der Waals surface area contributed by atoms with Gasteiger partial charge in [0.25, 0.3) is 0 Å². The van der Waals surface area contributed by atoms with Crippen LogP contribution in [-0.2, 0) is 16.0 Å². The summed E-state index contributed by atoms with van der Waals surface area (Å²) in [6, 6.07) is 7.05. The summed E-state index contributed by atoms with van der Waals surface area (Å²) in [5, 5.41) is 0. The average molecular weight is 247 g/mol. The summed E-state index contributed by atoms with van der Waals surface area (Å²) in [6.45, 7) is 5.42.